The van der Waals surface area contributed by atoms with Crippen molar-refractivity contribution < 1.29 is 28.7 Å². The number of hydrogen-bond donors (Lipinski definition) is 4. The van der Waals surface area contributed by atoms with Gasteiger partial charge in [-0.15, -0.1) is 0 Å². The zero-order chi connectivity index (χ0) is 34.2. The molecule has 4 rings (SSSR count). The molecule has 0 saturated heterocycles. The minimum atomic E-state index is -1.16. The summed E-state index contributed by atoms with van der Waals surface area (Å²) in [7, 11) is 1.19. The van der Waals surface area contributed by atoms with Crippen LogP contribution in [-0.2, 0) is 41.6 Å². The van der Waals surface area contributed by atoms with Crippen LogP contribution in [0.3, 0.4) is 0 Å². The molecule has 2 aromatic carbocycles. The maximum Gasteiger partial charge on any atom is 0.308 e. The van der Waals surface area contributed by atoms with Gasteiger partial charge >= 0.3 is 5.97 Å². The largest absolute Gasteiger partial charge is 0.469 e. The van der Waals surface area contributed by atoms with Crippen LogP contribution in [0.1, 0.15) is 68.3 Å². The number of anilines is 1. The summed E-state index contributed by atoms with van der Waals surface area (Å²) in [5, 5.41) is 21.2. The van der Waals surface area contributed by atoms with Gasteiger partial charge < -0.3 is 30.9 Å². The molecule has 12 heteroatoms. The molecule has 0 fully saturated rings. The highest BCUT2D eigenvalue weighted by molar-refractivity contribution is 5.96. The van der Waals surface area contributed by atoms with E-state index in [2.05, 4.69) is 26.0 Å². The number of esters is 1. The maximum atomic E-state index is 14.3. The van der Waals surface area contributed by atoms with Gasteiger partial charge in [-0.1, -0.05) is 69.2 Å². The Bertz CT molecular complexity index is 1530. The van der Waals surface area contributed by atoms with Crippen LogP contribution in [0.15, 0.2) is 42.5 Å². The molecule has 2 aliphatic heterocycles. The molecule has 0 saturated carbocycles. The fraction of sp³-hybridized carbons (Fsp3) is 0.486. The van der Waals surface area contributed by atoms with Crippen molar-refractivity contribution in [2.24, 2.45) is 5.92 Å². The summed E-state index contributed by atoms with van der Waals surface area (Å²) < 4.78 is 4.66. The normalized spacial score (nSPS) is 18.4. The number of methoxy groups -OCH3 is 1. The van der Waals surface area contributed by atoms with Crippen molar-refractivity contribution in [3.8, 4) is 6.07 Å². The van der Waals surface area contributed by atoms with Crippen LogP contribution in [0.5, 0.6) is 0 Å². The van der Waals surface area contributed by atoms with Crippen molar-refractivity contribution >= 4 is 35.3 Å². The van der Waals surface area contributed by atoms with Gasteiger partial charge in [0.15, 0.2) is 0 Å². The SMILES string of the molecule is CCC[C@H](NC(=O)C1Cc2ccccc2N1)C(=O)N[C@H](C(=O)N1CCc2cc(C)ccc2[C@H]1C(=O)N[C@H](C#N)CC(=O)OC)C(C)C. The van der Waals surface area contributed by atoms with Gasteiger partial charge in [0.1, 0.15) is 30.2 Å². The van der Waals surface area contributed by atoms with Crippen molar-refractivity contribution in [2.75, 3.05) is 19.0 Å². The summed E-state index contributed by atoms with van der Waals surface area (Å²) in [6.07, 6.45) is 1.63. The second kappa shape index (κ2) is 15.6. The van der Waals surface area contributed by atoms with Crippen molar-refractivity contribution in [3.63, 3.8) is 0 Å². The maximum absolute atomic E-state index is 14.3. The van der Waals surface area contributed by atoms with Crippen LogP contribution in [0.2, 0.25) is 0 Å². The first-order chi connectivity index (χ1) is 22.5. The molecule has 4 N–H and O–H groups in total. The van der Waals surface area contributed by atoms with E-state index >= 15 is 0 Å². The topological polar surface area (TPSA) is 170 Å². The molecule has 0 radical (unpaired) electrons. The first-order valence-corrected chi connectivity index (χ1v) is 16.1. The summed E-state index contributed by atoms with van der Waals surface area (Å²) in [5.41, 5.74) is 4.42. The lowest BCUT2D eigenvalue weighted by Crippen LogP contribution is -2.59. The predicted molar refractivity (Wildman–Crippen MR) is 175 cm³/mol. The van der Waals surface area contributed by atoms with Gasteiger partial charge in [0.25, 0.3) is 0 Å². The van der Waals surface area contributed by atoms with Gasteiger partial charge in [0.2, 0.25) is 23.6 Å². The number of nitrogens with one attached hydrogen (secondary N) is 4. The van der Waals surface area contributed by atoms with E-state index in [9.17, 15) is 29.2 Å². The van der Waals surface area contributed by atoms with Gasteiger partial charge in [-0.05, 0) is 48.4 Å². The lowest BCUT2D eigenvalue weighted by molar-refractivity contribution is -0.146. The molecule has 12 nitrogen and oxygen atoms in total. The minimum Gasteiger partial charge on any atom is -0.469 e. The van der Waals surface area contributed by atoms with E-state index in [1.54, 1.807) is 19.9 Å². The van der Waals surface area contributed by atoms with E-state index < -0.39 is 53.9 Å². The van der Waals surface area contributed by atoms with E-state index in [1.807, 2.05) is 56.3 Å². The number of benzene rings is 2. The molecule has 0 bridgehead atoms. The molecule has 47 heavy (non-hydrogen) atoms. The Morgan fingerprint density at radius 2 is 1.79 bits per heavy atom. The standard InChI is InChI=1S/C35H44N6O6/c1-6-9-27(39-33(44)28-17-23-10-7-8-11-26(23)38-28)32(43)40-30(20(2)3)35(46)41-15-14-22-16-21(4)12-13-25(22)31(41)34(45)37-24(19-36)18-29(42)47-5/h7-8,10-13,16,20,24,27-28,30-31,38H,6,9,14-15,17-18H2,1-5H3,(H,37,45)(H,39,44)(H,40,43)/t24-,27-,28?,30-,31-/m0/s1. The lowest BCUT2D eigenvalue weighted by atomic mass is 9.89. The molecule has 250 valence electrons. The Labute approximate surface area is 275 Å². The number of carbonyl (C=O) groups is 5. The molecule has 0 spiro atoms. The third-order valence-corrected chi connectivity index (χ3v) is 8.66. The van der Waals surface area contributed by atoms with Gasteiger partial charge in [-0.25, -0.2) is 0 Å². The highest BCUT2D eigenvalue weighted by Gasteiger charge is 2.41. The Morgan fingerprint density at radius 1 is 1.04 bits per heavy atom. The molecule has 1 unspecified atom stereocenters. The van der Waals surface area contributed by atoms with E-state index in [1.165, 1.54) is 12.0 Å². The average Bonchev–Trinajstić information content (AvgIpc) is 3.50. The molecular formula is C35H44N6O6. The van der Waals surface area contributed by atoms with E-state index in [0.717, 1.165) is 22.4 Å². The summed E-state index contributed by atoms with van der Waals surface area (Å²) >= 11 is 0. The number of ether oxygens (including phenoxy) is 1. The molecule has 2 aliphatic rings. The summed E-state index contributed by atoms with van der Waals surface area (Å²) in [4.78, 5) is 68.3. The zero-order valence-corrected chi connectivity index (χ0v) is 27.6. The second-order valence-corrected chi connectivity index (χ2v) is 12.5. The molecule has 0 aromatic heterocycles. The number of rotatable bonds is 12. The van der Waals surface area contributed by atoms with Crippen LogP contribution in [-0.4, -0.2) is 72.3 Å². The number of para-hydroxylation sites is 1. The van der Waals surface area contributed by atoms with E-state index in [4.69, 9.17) is 0 Å². The van der Waals surface area contributed by atoms with Crippen LogP contribution < -0.4 is 21.3 Å². The molecular weight excluding hydrogens is 600 g/mol. The average molecular weight is 645 g/mol. The summed E-state index contributed by atoms with van der Waals surface area (Å²) in [6, 6.07) is 10.5. The molecule has 5 atom stereocenters. The fourth-order valence-electron chi connectivity index (χ4n) is 6.14. The molecule has 0 aliphatic carbocycles. The monoisotopic (exact) mass is 644 g/mol. The first-order valence-electron chi connectivity index (χ1n) is 16.1. The zero-order valence-electron chi connectivity index (χ0n) is 27.6. The Hall–Kier alpha value is -4.92. The third-order valence-electron chi connectivity index (χ3n) is 8.66. The number of nitriles is 1. The highest BCUT2D eigenvalue weighted by Crippen LogP contribution is 2.32. The highest BCUT2D eigenvalue weighted by atomic mass is 16.5. The third kappa shape index (κ3) is 8.27. The van der Waals surface area contributed by atoms with Crippen molar-refractivity contribution in [3.05, 3.63) is 64.7 Å². The van der Waals surface area contributed by atoms with Gasteiger partial charge in [-0.3, -0.25) is 24.0 Å². The molecule has 2 heterocycles. The number of amides is 4. The number of carbonyl (C=O) groups excluding carboxylic acids is 5. The van der Waals surface area contributed by atoms with E-state index in [0.29, 0.717) is 31.2 Å². The number of fused-ring (bicyclic) bond motifs is 2. The fourth-order valence-corrected chi connectivity index (χ4v) is 6.14. The smallest absolute Gasteiger partial charge is 0.308 e. The van der Waals surface area contributed by atoms with Crippen molar-refractivity contribution in [1.29, 1.82) is 5.26 Å². The lowest BCUT2D eigenvalue weighted by Gasteiger charge is -2.39. The van der Waals surface area contributed by atoms with E-state index in [-0.39, 0.29) is 24.8 Å². The quantitative estimate of drug-likeness (QED) is 0.256. The number of aryl methyl sites for hydroxylation is 1. The van der Waals surface area contributed by atoms with Crippen LogP contribution in [0.25, 0.3) is 0 Å². The number of nitrogens with zero attached hydrogens (tertiary/aromatic N) is 2. The van der Waals surface area contributed by atoms with Gasteiger partial charge in [-0.2, -0.15) is 5.26 Å². The van der Waals surface area contributed by atoms with Crippen molar-refractivity contribution in [2.45, 2.75) is 90.0 Å². The molecule has 4 amide bonds. The van der Waals surface area contributed by atoms with Crippen LogP contribution >= 0.6 is 0 Å². The van der Waals surface area contributed by atoms with Gasteiger partial charge in [0, 0.05) is 18.7 Å². The predicted octanol–water partition coefficient (Wildman–Crippen LogP) is 2.45. The minimum absolute atomic E-state index is 0.198. The van der Waals surface area contributed by atoms with Crippen molar-refractivity contribution in [1.82, 2.24) is 20.9 Å². The summed E-state index contributed by atoms with van der Waals surface area (Å²) in [6.45, 7) is 7.64. The Morgan fingerprint density at radius 3 is 2.45 bits per heavy atom. The Balaban J connectivity index is 1.54. The van der Waals surface area contributed by atoms with Crippen LogP contribution in [0, 0.1) is 24.2 Å². The number of hydrogen-bond acceptors (Lipinski definition) is 8. The Kier molecular flexibility index (Phi) is 11.6. The van der Waals surface area contributed by atoms with Crippen LogP contribution in [0.4, 0.5) is 5.69 Å². The first kappa shape index (κ1) is 34.9. The second-order valence-electron chi connectivity index (χ2n) is 12.5. The molecule has 2 aromatic rings. The van der Waals surface area contributed by atoms with Gasteiger partial charge in [0.05, 0.1) is 19.6 Å². The summed E-state index contributed by atoms with van der Waals surface area (Å²) in [5.74, 6) is -2.89.